The number of likely N-dealkylation sites (N-methyl/N-ethyl adjacent to an activating group) is 1. The molecule has 17 nitrogen and oxygen atoms in total. The molecule has 2 aromatic rings. The number of phenolic OH excluding ortho intramolecular Hbond substituents is 1. The quantitative estimate of drug-likeness (QED) is 0.0470. The van der Waals surface area contributed by atoms with Gasteiger partial charge in [0.15, 0.2) is 11.9 Å². The topological polar surface area (TPSA) is 216 Å². The van der Waals surface area contributed by atoms with Crippen molar-refractivity contribution in [2.45, 2.75) is 137 Å². The maximum atomic E-state index is 14.4. The molecule has 1 aromatic carbocycles. The molecule has 0 saturated carbocycles. The Labute approximate surface area is 412 Å². The number of esters is 1. The summed E-state index contributed by atoms with van der Waals surface area (Å²) >= 11 is 1.15. The van der Waals surface area contributed by atoms with Crippen LogP contribution in [-0.2, 0) is 44.7 Å². The van der Waals surface area contributed by atoms with Gasteiger partial charge in [-0.25, -0.2) is 4.98 Å². The van der Waals surface area contributed by atoms with Gasteiger partial charge in [-0.05, 0) is 104 Å². The van der Waals surface area contributed by atoms with Crippen molar-refractivity contribution < 1.29 is 48.2 Å². The molecule has 18 heteroatoms. The zero-order chi connectivity index (χ0) is 51.9. The zero-order valence-corrected chi connectivity index (χ0v) is 43.9. The first kappa shape index (κ1) is 58.0. The van der Waals surface area contributed by atoms with Crippen molar-refractivity contribution in [1.82, 2.24) is 29.9 Å². The number of amides is 5. The van der Waals surface area contributed by atoms with Gasteiger partial charge in [0, 0.05) is 87.7 Å². The average Bonchev–Trinajstić information content (AvgIpc) is 3.90. The van der Waals surface area contributed by atoms with Crippen LogP contribution in [0.15, 0.2) is 35.7 Å². The number of ketones is 2. The molecule has 1 aromatic heterocycles. The second-order valence-corrected chi connectivity index (χ2v) is 20.7. The number of carbonyl (C=O) groups is 8. The first-order valence-corrected chi connectivity index (χ1v) is 24.9. The molecular formula is C51H77N7O10S. The molecule has 1 aliphatic heterocycles. The summed E-state index contributed by atoms with van der Waals surface area (Å²) in [5.41, 5.74) is 0.0806. The highest BCUT2D eigenvalue weighted by atomic mass is 32.1. The number of anilines is 1. The minimum Gasteiger partial charge on any atom is -0.506 e. The summed E-state index contributed by atoms with van der Waals surface area (Å²) in [4.78, 5) is 116. The van der Waals surface area contributed by atoms with E-state index in [-0.39, 0.29) is 91.5 Å². The summed E-state index contributed by atoms with van der Waals surface area (Å²) in [6.07, 6.45) is 4.13. The number of hydrogen-bond donors (Lipinski definition) is 3. The van der Waals surface area contributed by atoms with Gasteiger partial charge in [0.2, 0.25) is 11.8 Å². The van der Waals surface area contributed by atoms with Gasteiger partial charge in [0.1, 0.15) is 22.2 Å². The van der Waals surface area contributed by atoms with Gasteiger partial charge < -0.3 is 30.3 Å². The van der Waals surface area contributed by atoms with Crippen LogP contribution < -0.4 is 10.6 Å². The van der Waals surface area contributed by atoms with Crippen LogP contribution in [-0.4, -0.2) is 143 Å². The van der Waals surface area contributed by atoms with E-state index in [4.69, 9.17) is 4.74 Å². The molecule has 0 bridgehead atoms. The summed E-state index contributed by atoms with van der Waals surface area (Å²) in [5, 5.41) is 18.4. The highest BCUT2D eigenvalue weighted by Crippen LogP contribution is 2.33. The lowest BCUT2D eigenvalue weighted by Crippen LogP contribution is -2.50. The molecule has 382 valence electrons. The zero-order valence-electron chi connectivity index (χ0n) is 43.0. The monoisotopic (exact) mass is 980 g/mol. The van der Waals surface area contributed by atoms with Crippen molar-refractivity contribution >= 4 is 64.1 Å². The van der Waals surface area contributed by atoms with E-state index in [1.54, 1.807) is 29.5 Å². The molecule has 6 atom stereocenters. The Bertz CT molecular complexity index is 2150. The first-order chi connectivity index (χ1) is 32.3. The van der Waals surface area contributed by atoms with Crippen LogP contribution in [0.4, 0.5) is 5.69 Å². The molecular weight excluding hydrogens is 903 g/mol. The van der Waals surface area contributed by atoms with Crippen LogP contribution >= 0.6 is 11.3 Å². The van der Waals surface area contributed by atoms with E-state index in [0.29, 0.717) is 29.8 Å². The van der Waals surface area contributed by atoms with E-state index in [1.165, 1.54) is 25.1 Å². The van der Waals surface area contributed by atoms with Crippen LogP contribution in [0.1, 0.15) is 134 Å². The Kier molecular flexibility index (Phi) is 22.3. The molecule has 0 saturated heterocycles. The Morgan fingerprint density at radius 3 is 2.16 bits per heavy atom. The van der Waals surface area contributed by atoms with Crippen LogP contribution in [0.5, 0.6) is 5.75 Å². The molecule has 3 N–H and O–H groups in total. The van der Waals surface area contributed by atoms with Crippen LogP contribution in [0.2, 0.25) is 0 Å². The van der Waals surface area contributed by atoms with Crippen molar-refractivity contribution in [2.75, 3.05) is 53.6 Å². The molecule has 1 aliphatic rings. The van der Waals surface area contributed by atoms with E-state index >= 15 is 0 Å². The van der Waals surface area contributed by atoms with Gasteiger partial charge in [-0.3, -0.25) is 48.2 Å². The summed E-state index contributed by atoms with van der Waals surface area (Å²) in [6, 6.07) is 3.65. The third kappa shape index (κ3) is 17.2. The maximum Gasteiger partial charge on any atom is 0.303 e. The fourth-order valence-electron chi connectivity index (χ4n) is 8.16. The fraction of sp³-hybridized carbons (Fsp3) is 0.627. The van der Waals surface area contributed by atoms with E-state index in [9.17, 15) is 43.5 Å². The van der Waals surface area contributed by atoms with E-state index in [2.05, 4.69) is 15.6 Å². The molecule has 0 spiro atoms. The summed E-state index contributed by atoms with van der Waals surface area (Å²) < 4.78 is 5.85. The number of thiazole rings is 1. The second-order valence-electron chi connectivity index (χ2n) is 19.8. The van der Waals surface area contributed by atoms with Gasteiger partial charge in [-0.15, -0.1) is 11.3 Å². The van der Waals surface area contributed by atoms with E-state index in [0.717, 1.165) is 22.8 Å². The van der Waals surface area contributed by atoms with Gasteiger partial charge in [-0.2, -0.15) is 0 Å². The number of aromatic hydroxyl groups is 1. The highest BCUT2D eigenvalue weighted by molar-refractivity contribution is 7.09. The van der Waals surface area contributed by atoms with Crippen LogP contribution in [0.3, 0.4) is 0 Å². The molecule has 5 amide bonds. The lowest BCUT2D eigenvalue weighted by Gasteiger charge is -2.38. The Hall–Kier alpha value is -5.33. The number of Topliss-reactive ketones (excluding diaryl/α,β-unsaturated/α-hetero) is 2. The summed E-state index contributed by atoms with van der Waals surface area (Å²) in [7, 11) is 9.28. The normalized spacial score (nSPS) is 15.5. The van der Waals surface area contributed by atoms with Crippen molar-refractivity contribution in [3.63, 3.8) is 0 Å². The predicted molar refractivity (Wildman–Crippen MR) is 266 cm³/mol. The standard InChI is InChI=1S/C51H77N7O10S/c1-14-32(4)37(28-44(62)51(7,8)56(11)12)50(67)57(13)40(31(2)3)29-43(68-34(6)59)49-54-39(30-69-49)48(66)52-36(25-33(5)41(60)17-15-23-55(9)10)26-35-19-20-42(61)38(27-35)53-45(63)18-16-24-58-46(64)21-22-47(58)65/h19-22,27,30-33,36-37,40,43,61H,14-18,23-26,28-29H2,1-13H3,(H,52,66)(H,53,63)/t32-,33?,36+,37-,40+,43+/m0/s1. The number of rotatable bonds is 29. The smallest absolute Gasteiger partial charge is 0.303 e. The number of carbonyl (C=O) groups excluding carboxylic acids is 8. The molecule has 2 heterocycles. The number of imide groups is 1. The summed E-state index contributed by atoms with van der Waals surface area (Å²) in [6.45, 7) is 15.5. The molecule has 0 fully saturated rings. The number of nitrogens with one attached hydrogen (secondary N) is 2. The van der Waals surface area contributed by atoms with Gasteiger partial charge >= 0.3 is 5.97 Å². The molecule has 0 radical (unpaired) electrons. The number of phenols is 1. The van der Waals surface area contributed by atoms with Crippen LogP contribution in [0, 0.1) is 23.7 Å². The maximum absolute atomic E-state index is 14.4. The largest absolute Gasteiger partial charge is 0.506 e. The minimum atomic E-state index is -0.906. The van der Waals surface area contributed by atoms with Gasteiger partial charge in [-0.1, -0.05) is 47.1 Å². The van der Waals surface area contributed by atoms with Crippen LogP contribution in [0.25, 0.3) is 0 Å². The van der Waals surface area contributed by atoms with Crippen molar-refractivity contribution in [1.29, 1.82) is 0 Å². The molecule has 0 aliphatic carbocycles. The number of ether oxygens (including phenoxy) is 1. The average molecular weight is 980 g/mol. The first-order valence-electron chi connectivity index (χ1n) is 24.0. The van der Waals surface area contributed by atoms with E-state index < -0.39 is 65.2 Å². The number of benzene rings is 1. The predicted octanol–water partition coefficient (Wildman–Crippen LogP) is 6.21. The van der Waals surface area contributed by atoms with E-state index in [1.807, 2.05) is 86.5 Å². The van der Waals surface area contributed by atoms with Crippen molar-refractivity contribution in [3.05, 3.63) is 52.0 Å². The Morgan fingerprint density at radius 2 is 1.58 bits per heavy atom. The van der Waals surface area contributed by atoms with Gasteiger partial charge in [0.25, 0.3) is 17.7 Å². The second kappa shape index (κ2) is 26.6. The van der Waals surface area contributed by atoms with Gasteiger partial charge in [0.05, 0.1) is 11.2 Å². The Morgan fingerprint density at radius 1 is 0.928 bits per heavy atom. The summed E-state index contributed by atoms with van der Waals surface area (Å²) in [5.74, 6) is -3.91. The van der Waals surface area contributed by atoms with Crippen molar-refractivity contribution in [3.8, 4) is 5.75 Å². The highest BCUT2D eigenvalue weighted by Gasteiger charge is 2.39. The van der Waals surface area contributed by atoms with Crippen molar-refractivity contribution in [2.24, 2.45) is 23.7 Å². The molecule has 3 rings (SSSR count). The fourth-order valence-corrected chi connectivity index (χ4v) is 9.00. The minimum absolute atomic E-state index is 0.0233. The molecule has 1 unspecified atom stereocenters. The lowest BCUT2D eigenvalue weighted by molar-refractivity contribution is -0.150. The molecule has 69 heavy (non-hydrogen) atoms. The number of aromatic nitrogens is 1. The Balaban J connectivity index is 1.87. The number of nitrogens with zero attached hydrogens (tertiary/aromatic N) is 5. The lowest BCUT2D eigenvalue weighted by atomic mass is 9.81. The number of hydrogen-bond acceptors (Lipinski definition) is 14. The SMILES string of the molecule is CC[C@H](C)[C@H](CC(=O)C(C)(C)N(C)C)C(=O)N(C)[C@H](C[C@@H](OC(C)=O)c1nc(C(=O)N[C@@H](Cc2ccc(O)c(NC(=O)CCCN3C(=O)C=CC3=O)c2)CC(C)C(=O)CCCN(C)C)cs1)C(C)C. The third-order valence-electron chi connectivity index (χ3n) is 13.3. The third-order valence-corrected chi connectivity index (χ3v) is 14.3.